The fourth-order valence-corrected chi connectivity index (χ4v) is 1.78. The SMILES string of the molecule is N#CC/C=C/c1ccccc1S(=O)(=O)O. The maximum atomic E-state index is 10.9. The van der Waals surface area contributed by atoms with Crippen LogP contribution in [0.25, 0.3) is 6.08 Å². The van der Waals surface area contributed by atoms with Gasteiger partial charge in [-0.3, -0.25) is 4.55 Å². The maximum absolute atomic E-state index is 10.9. The molecule has 0 saturated heterocycles. The highest BCUT2D eigenvalue weighted by atomic mass is 32.2. The number of allylic oxidation sites excluding steroid dienone is 1. The van der Waals surface area contributed by atoms with Crippen LogP contribution in [0.1, 0.15) is 12.0 Å². The molecule has 0 atom stereocenters. The zero-order chi connectivity index (χ0) is 11.3. The molecule has 5 heteroatoms. The van der Waals surface area contributed by atoms with E-state index in [0.29, 0.717) is 5.56 Å². The molecule has 0 aliphatic rings. The van der Waals surface area contributed by atoms with Crippen molar-refractivity contribution < 1.29 is 13.0 Å². The molecule has 0 amide bonds. The van der Waals surface area contributed by atoms with Crippen molar-refractivity contribution in [2.45, 2.75) is 11.3 Å². The molecule has 15 heavy (non-hydrogen) atoms. The van der Waals surface area contributed by atoms with Gasteiger partial charge in [-0.1, -0.05) is 30.4 Å². The Labute approximate surface area is 88.2 Å². The smallest absolute Gasteiger partial charge is 0.282 e. The molecule has 0 saturated carbocycles. The Bertz CT molecular complexity index is 512. The van der Waals surface area contributed by atoms with E-state index in [1.807, 2.05) is 6.07 Å². The van der Waals surface area contributed by atoms with Gasteiger partial charge in [-0.2, -0.15) is 13.7 Å². The van der Waals surface area contributed by atoms with Crippen LogP contribution in [-0.2, 0) is 10.1 Å². The average molecular weight is 223 g/mol. The van der Waals surface area contributed by atoms with Crippen molar-refractivity contribution in [2.75, 3.05) is 0 Å². The van der Waals surface area contributed by atoms with Crippen molar-refractivity contribution in [2.24, 2.45) is 0 Å². The lowest BCUT2D eigenvalue weighted by atomic mass is 10.2. The lowest BCUT2D eigenvalue weighted by Gasteiger charge is -2.00. The Morgan fingerprint density at radius 2 is 2.07 bits per heavy atom. The predicted molar refractivity (Wildman–Crippen MR) is 55.5 cm³/mol. The van der Waals surface area contributed by atoms with E-state index in [4.69, 9.17) is 9.81 Å². The number of hydrogen-bond acceptors (Lipinski definition) is 3. The van der Waals surface area contributed by atoms with Gasteiger partial charge in [-0.05, 0) is 11.6 Å². The van der Waals surface area contributed by atoms with Gasteiger partial charge in [0.1, 0.15) is 4.90 Å². The van der Waals surface area contributed by atoms with E-state index in [0.717, 1.165) is 0 Å². The van der Waals surface area contributed by atoms with Crippen molar-refractivity contribution >= 4 is 16.2 Å². The van der Waals surface area contributed by atoms with E-state index in [-0.39, 0.29) is 11.3 Å². The van der Waals surface area contributed by atoms with E-state index in [1.165, 1.54) is 24.3 Å². The largest absolute Gasteiger partial charge is 0.295 e. The van der Waals surface area contributed by atoms with Crippen molar-refractivity contribution in [1.82, 2.24) is 0 Å². The second-order valence-corrected chi connectivity index (χ2v) is 4.17. The van der Waals surface area contributed by atoms with Crippen LogP contribution in [0.3, 0.4) is 0 Å². The predicted octanol–water partition coefficient (Wildman–Crippen LogP) is 1.86. The molecule has 4 nitrogen and oxygen atoms in total. The van der Waals surface area contributed by atoms with E-state index >= 15 is 0 Å². The molecule has 1 aromatic rings. The molecule has 0 aliphatic carbocycles. The van der Waals surface area contributed by atoms with Gasteiger partial charge >= 0.3 is 0 Å². The van der Waals surface area contributed by atoms with Gasteiger partial charge in [0, 0.05) is 0 Å². The number of hydrogen-bond donors (Lipinski definition) is 1. The number of nitrogens with zero attached hydrogens (tertiary/aromatic N) is 1. The van der Waals surface area contributed by atoms with Gasteiger partial charge in [-0.15, -0.1) is 0 Å². The molecule has 1 rings (SSSR count). The van der Waals surface area contributed by atoms with E-state index in [1.54, 1.807) is 12.1 Å². The molecule has 0 heterocycles. The number of rotatable bonds is 3. The second kappa shape index (κ2) is 4.73. The zero-order valence-corrected chi connectivity index (χ0v) is 8.61. The Morgan fingerprint density at radius 1 is 1.40 bits per heavy atom. The van der Waals surface area contributed by atoms with Crippen LogP contribution in [0, 0.1) is 11.3 Å². The second-order valence-electron chi connectivity index (χ2n) is 2.78. The summed E-state index contributed by atoms with van der Waals surface area (Å²) in [5.41, 5.74) is 0.371. The molecule has 0 spiro atoms. The van der Waals surface area contributed by atoms with Crippen LogP contribution in [0.2, 0.25) is 0 Å². The molecule has 1 aromatic carbocycles. The van der Waals surface area contributed by atoms with Crippen LogP contribution >= 0.6 is 0 Å². The normalized spacial score (nSPS) is 11.5. The third-order valence-electron chi connectivity index (χ3n) is 1.70. The molecular formula is C10H9NO3S. The summed E-state index contributed by atoms with van der Waals surface area (Å²) in [6.07, 6.45) is 3.22. The molecule has 1 N–H and O–H groups in total. The first-order valence-corrected chi connectivity index (χ1v) is 5.59. The average Bonchev–Trinajstić information content (AvgIpc) is 2.17. The van der Waals surface area contributed by atoms with E-state index < -0.39 is 10.1 Å². The van der Waals surface area contributed by atoms with Gasteiger partial charge in [0.05, 0.1) is 12.5 Å². The maximum Gasteiger partial charge on any atom is 0.295 e. The molecule has 0 fully saturated rings. The highest BCUT2D eigenvalue weighted by Gasteiger charge is 2.12. The quantitative estimate of drug-likeness (QED) is 0.793. The van der Waals surface area contributed by atoms with Crippen LogP contribution in [0.5, 0.6) is 0 Å². The Hall–Kier alpha value is -1.64. The standard InChI is InChI=1S/C10H9NO3S/c11-8-4-3-6-9-5-1-2-7-10(9)15(12,13)14/h1-3,5-7H,4H2,(H,12,13,14)/b6-3+. The first-order chi connectivity index (χ1) is 7.05. The fraction of sp³-hybridized carbons (Fsp3) is 0.100. The summed E-state index contributed by atoms with van der Waals surface area (Å²) in [5, 5.41) is 8.30. The lowest BCUT2D eigenvalue weighted by Crippen LogP contribution is -2.00. The highest BCUT2D eigenvalue weighted by molar-refractivity contribution is 7.85. The third kappa shape index (κ3) is 3.20. The molecule has 78 valence electrons. The van der Waals surface area contributed by atoms with Gasteiger partial charge in [0.25, 0.3) is 10.1 Å². The summed E-state index contributed by atoms with van der Waals surface area (Å²) in [7, 11) is -4.20. The van der Waals surface area contributed by atoms with Crippen LogP contribution in [0.4, 0.5) is 0 Å². The minimum absolute atomic E-state index is 0.154. The molecule has 0 unspecified atom stereocenters. The van der Waals surface area contributed by atoms with E-state index in [9.17, 15) is 8.42 Å². The summed E-state index contributed by atoms with van der Waals surface area (Å²) in [5.74, 6) is 0. The summed E-state index contributed by atoms with van der Waals surface area (Å²) < 4.78 is 30.8. The van der Waals surface area contributed by atoms with Gasteiger partial charge in [0.2, 0.25) is 0 Å². The van der Waals surface area contributed by atoms with Gasteiger partial charge < -0.3 is 0 Å². The summed E-state index contributed by atoms with van der Waals surface area (Å²) in [6, 6.07) is 7.93. The Morgan fingerprint density at radius 3 is 2.67 bits per heavy atom. The van der Waals surface area contributed by atoms with Crippen LogP contribution in [0.15, 0.2) is 35.2 Å². The number of nitriles is 1. The van der Waals surface area contributed by atoms with Crippen LogP contribution < -0.4 is 0 Å². The van der Waals surface area contributed by atoms with E-state index in [2.05, 4.69) is 0 Å². The minimum atomic E-state index is -4.20. The molecule has 0 bridgehead atoms. The van der Waals surface area contributed by atoms with Crippen molar-refractivity contribution in [3.8, 4) is 6.07 Å². The first kappa shape index (κ1) is 11.4. The molecule has 0 aliphatic heterocycles. The molecule has 0 aromatic heterocycles. The van der Waals surface area contributed by atoms with Gasteiger partial charge in [-0.25, -0.2) is 0 Å². The number of benzene rings is 1. The fourth-order valence-electron chi connectivity index (χ4n) is 1.09. The van der Waals surface area contributed by atoms with Crippen molar-refractivity contribution in [3.63, 3.8) is 0 Å². The van der Waals surface area contributed by atoms with Crippen LogP contribution in [-0.4, -0.2) is 13.0 Å². The third-order valence-corrected chi connectivity index (χ3v) is 2.63. The molecular weight excluding hydrogens is 214 g/mol. The van der Waals surface area contributed by atoms with Gasteiger partial charge in [0.15, 0.2) is 0 Å². The van der Waals surface area contributed by atoms with Crippen molar-refractivity contribution in [1.29, 1.82) is 5.26 Å². The summed E-state index contributed by atoms with van der Waals surface area (Å²) in [6.45, 7) is 0. The monoisotopic (exact) mass is 223 g/mol. The van der Waals surface area contributed by atoms with Crippen molar-refractivity contribution in [3.05, 3.63) is 35.9 Å². The Balaban J connectivity index is 3.15. The lowest BCUT2D eigenvalue weighted by molar-refractivity contribution is 0.483. The first-order valence-electron chi connectivity index (χ1n) is 4.15. The zero-order valence-electron chi connectivity index (χ0n) is 7.79. The molecule has 0 radical (unpaired) electrons. The highest BCUT2D eigenvalue weighted by Crippen LogP contribution is 2.16. The topological polar surface area (TPSA) is 78.2 Å². The summed E-state index contributed by atoms with van der Waals surface area (Å²) in [4.78, 5) is -0.154. The minimum Gasteiger partial charge on any atom is -0.282 e. The Kier molecular flexibility index (Phi) is 3.61. The summed E-state index contributed by atoms with van der Waals surface area (Å²) >= 11 is 0.